The van der Waals surface area contributed by atoms with Crippen molar-refractivity contribution in [1.29, 1.82) is 0 Å². The van der Waals surface area contributed by atoms with E-state index in [0.29, 0.717) is 0 Å². The minimum absolute atomic E-state index is 0.174. The van der Waals surface area contributed by atoms with Crippen molar-refractivity contribution >= 4 is 13.6 Å². The second-order valence-corrected chi connectivity index (χ2v) is 4.32. The Morgan fingerprint density at radius 2 is 1.71 bits per heavy atom. The van der Waals surface area contributed by atoms with Gasteiger partial charge in [0.15, 0.2) is 0 Å². The van der Waals surface area contributed by atoms with E-state index >= 15 is 0 Å². The van der Waals surface area contributed by atoms with Crippen molar-refractivity contribution in [3.8, 4) is 0 Å². The Hall–Kier alpha value is -0.640. The Balaban J connectivity index is 4.73. The van der Waals surface area contributed by atoms with E-state index in [2.05, 4.69) is 11.3 Å². The molecule has 6 heteroatoms. The van der Waals surface area contributed by atoms with Crippen molar-refractivity contribution in [3.05, 3.63) is 11.9 Å². The van der Waals surface area contributed by atoms with Crippen LogP contribution in [0.3, 0.4) is 0 Å². The molecule has 0 heterocycles. The highest BCUT2D eigenvalue weighted by atomic mass is 31.2. The molecule has 0 amide bonds. The Morgan fingerprint density at radius 3 is 2.00 bits per heavy atom. The molecule has 0 bridgehead atoms. The summed E-state index contributed by atoms with van der Waals surface area (Å²) in [6.07, 6.45) is 0. The van der Waals surface area contributed by atoms with Crippen LogP contribution in [0.2, 0.25) is 0 Å². The maximum absolute atomic E-state index is 11.9. The summed E-state index contributed by atoms with van der Waals surface area (Å²) >= 11 is 0. The van der Waals surface area contributed by atoms with E-state index in [4.69, 9.17) is 9.05 Å². The van der Waals surface area contributed by atoms with Gasteiger partial charge in [0.25, 0.3) is 0 Å². The molecule has 0 spiro atoms. The lowest BCUT2D eigenvalue weighted by Gasteiger charge is -2.17. The van der Waals surface area contributed by atoms with Crippen LogP contribution in [0.4, 0.5) is 0 Å². The van der Waals surface area contributed by atoms with E-state index < -0.39 is 13.6 Å². The van der Waals surface area contributed by atoms with Crippen molar-refractivity contribution in [1.82, 2.24) is 0 Å². The Labute approximate surface area is 83.6 Å². The quantitative estimate of drug-likeness (QED) is 0.390. The molecule has 0 unspecified atom stereocenters. The molecule has 0 aromatic carbocycles. The summed E-state index contributed by atoms with van der Waals surface area (Å²) in [6, 6.07) is 0. The number of methoxy groups -OCH3 is 1. The summed E-state index contributed by atoms with van der Waals surface area (Å²) in [4.78, 5) is 11.1. The van der Waals surface area contributed by atoms with E-state index in [0.717, 1.165) is 0 Å². The number of rotatable bonds is 6. The Kier molecular flexibility index (Phi) is 5.69. The number of hydrogen-bond donors (Lipinski definition) is 0. The first-order valence-electron chi connectivity index (χ1n) is 4.18. The van der Waals surface area contributed by atoms with Gasteiger partial charge in [-0.25, -0.2) is 4.79 Å². The first-order chi connectivity index (χ1) is 6.51. The van der Waals surface area contributed by atoms with Crippen LogP contribution in [-0.4, -0.2) is 26.3 Å². The van der Waals surface area contributed by atoms with Gasteiger partial charge in [0.2, 0.25) is 0 Å². The van der Waals surface area contributed by atoms with Crippen molar-refractivity contribution in [2.75, 3.05) is 20.3 Å². The van der Waals surface area contributed by atoms with Crippen LogP contribution in [0.15, 0.2) is 11.9 Å². The zero-order chi connectivity index (χ0) is 11.2. The normalized spacial score (nSPS) is 11.1. The average molecular weight is 222 g/mol. The van der Waals surface area contributed by atoms with Gasteiger partial charge >= 0.3 is 13.6 Å². The van der Waals surface area contributed by atoms with E-state index in [9.17, 15) is 9.36 Å². The van der Waals surface area contributed by atoms with Crippen LogP contribution in [0, 0.1) is 0 Å². The van der Waals surface area contributed by atoms with Gasteiger partial charge in [-0.15, -0.1) is 0 Å². The maximum Gasteiger partial charge on any atom is 0.368 e. The summed E-state index contributed by atoms with van der Waals surface area (Å²) in [5, 5.41) is -0.274. The van der Waals surface area contributed by atoms with Crippen LogP contribution >= 0.6 is 7.60 Å². The van der Waals surface area contributed by atoms with Gasteiger partial charge in [0, 0.05) is 0 Å². The fourth-order valence-corrected chi connectivity index (χ4v) is 2.14. The molecular formula is C8H15O5P. The summed E-state index contributed by atoms with van der Waals surface area (Å²) < 4.78 is 26.0. The number of esters is 1. The molecule has 0 atom stereocenters. The Morgan fingerprint density at radius 1 is 1.29 bits per heavy atom. The average Bonchev–Trinajstić information content (AvgIpc) is 2.16. The van der Waals surface area contributed by atoms with Gasteiger partial charge in [-0.2, -0.15) is 0 Å². The van der Waals surface area contributed by atoms with Gasteiger partial charge < -0.3 is 13.8 Å². The predicted molar refractivity (Wildman–Crippen MR) is 52.0 cm³/mol. The second kappa shape index (κ2) is 5.96. The largest absolute Gasteiger partial charge is 0.465 e. The van der Waals surface area contributed by atoms with Gasteiger partial charge in [-0.3, -0.25) is 4.57 Å². The number of carbonyl (C=O) groups excluding carboxylic acids is 1. The lowest BCUT2D eigenvalue weighted by molar-refractivity contribution is -0.135. The van der Waals surface area contributed by atoms with E-state index in [1.54, 1.807) is 13.8 Å². The smallest absolute Gasteiger partial charge is 0.368 e. The van der Waals surface area contributed by atoms with Gasteiger partial charge in [0.1, 0.15) is 5.31 Å². The second-order valence-electron chi connectivity index (χ2n) is 2.27. The number of ether oxygens (including phenoxy) is 1. The minimum Gasteiger partial charge on any atom is -0.465 e. The fourth-order valence-electron chi connectivity index (χ4n) is 0.763. The van der Waals surface area contributed by atoms with E-state index in [1.165, 1.54) is 7.11 Å². The van der Waals surface area contributed by atoms with E-state index in [-0.39, 0.29) is 18.5 Å². The van der Waals surface area contributed by atoms with Gasteiger partial charge in [-0.05, 0) is 13.8 Å². The monoisotopic (exact) mass is 222 g/mol. The highest BCUT2D eigenvalue weighted by Crippen LogP contribution is 2.55. The lowest BCUT2D eigenvalue weighted by atomic mass is 10.6. The summed E-state index contributed by atoms with van der Waals surface area (Å²) in [7, 11) is -2.38. The molecular weight excluding hydrogens is 207 g/mol. The highest BCUT2D eigenvalue weighted by Gasteiger charge is 2.33. The molecule has 0 aliphatic heterocycles. The van der Waals surface area contributed by atoms with Crippen molar-refractivity contribution in [3.63, 3.8) is 0 Å². The van der Waals surface area contributed by atoms with Gasteiger partial charge in [0.05, 0.1) is 20.3 Å². The third-order valence-corrected chi connectivity index (χ3v) is 3.39. The molecule has 0 fully saturated rings. The molecule has 0 radical (unpaired) electrons. The molecule has 0 rings (SSSR count). The predicted octanol–water partition coefficient (Wildman–Crippen LogP) is 1.94. The van der Waals surface area contributed by atoms with Crippen LogP contribution < -0.4 is 0 Å². The third kappa shape index (κ3) is 3.25. The Bertz CT molecular complexity index is 250. The van der Waals surface area contributed by atoms with Crippen molar-refractivity contribution in [2.45, 2.75) is 13.8 Å². The third-order valence-electron chi connectivity index (χ3n) is 1.35. The van der Waals surface area contributed by atoms with Crippen molar-refractivity contribution in [2.24, 2.45) is 0 Å². The molecule has 0 aromatic heterocycles. The molecule has 0 N–H and O–H groups in total. The summed E-state index contributed by atoms with van der Waals surface area (Å²) in [5.41, 5.74) is 0. The van der Waals surface area contributed by atoms with Crippen molar-refractivity contribution < 1.29 is 23.1 Å². The number of carbonyl (C=O) groups is 1. The first kappa shape index (κ1) is 13.4. The molecule has 0 aliphatic carbocycles. The van der Waals surface area contributed by atoms with Gasteiger partial charge in [-0.1, -0.05) is 6.58 Å². The molecule has 0 aliphatic rings. The number of hydrogen-bond acceptors (Lipinski definition) is 5. The molecule has 82 valence electrons. The first-order valence-corrected chi connectivity index (χ1v) is 5.73. The van der Waals surface area contributed by atoms with Crippen LogP contribution in [-0.2, 0) is 23.1 Å². The van der Waals surface area contributed by atoms with Crippen LogP contribution in [0.5, 0.6) is 0 Å². The zero-order valence-corrected chi connectivity index (χ0v) is 9.50. The maximum atomic E-state index is 11.9. The summed E-state index contributed by atoms with van der Waals surface area (Å²) in [5.74, 6) is -0.782. The summed E-state index contributed by atoms with van der Waals surface area (Å²) in [6.45, 7) is 6.99. The van der Waals surface area contributed by atoms with E-state index in [1.807, 2.05) is 0 Å². The minimum atomic E-state index is -3.55. The lowest BCUT2D eigenvalue weighted by Crippen LogP contribution is -2.08. The fraction of sp³-hybridized carbons (Fsp3) is 0.625. The SMILES string of the molecule is C=C(C(=O)OC)P(=O)(OCC)OCC. The topological polar surface area (TPSA) is 61.8 Å². The zero-order valence-electron chi connectivity index (χ0n) is 8.61. The standard InChI is InChI=1S/C8H15O5P/c1-5-12-14(10,13-6-2)7(3)8(9)11-4/h3,5-6H2,1-2,4H3. The highest BCUT2D eigenvalue weighted by molar-refractivity contribution is 7.59. The molecule has 0 saturated heterocycles. The van der Waals surface area contributed by atoms with Crippen LogP contribution in [0.25, 0.3) is 0 Å². The molecule has 0 aromatic rings. The van der Waals surface area contributed by atoms with Crippen LogP contribution in [0.1, 0.15) is 13.8 Å². The molecule has 5 nitrogen and oxygen atoms in total. The molecule has 0 saturated carbocycles. The molecule has 14 heavy (non-hydrogen) atoms.